The molecule has 11 heteroatoms. The van der Waals surface area contributed by atoms with E-state index < -0.39 is 18.1 Å². The van der Waals surface area contributed by atoms with Crippen LogP contribution < -0.4 is 10.4 Å². The van der Waals surface area contributed by atoms with Gasteiger partial charge in [-0.25, -0.2) is 0 Å². The van der Waals surface area contributed by atoms with Crippen LogP contribution in [0.3, 0.4) is 0 Å². The van der Waals surface area contributed by atoms with Gasteiger partial charge < -0.3 is 24.8 Å². The van der Waals surface area contributed by atoms with E-state index in [1.165, 1.54) is 0 Å². The lowest BCUT2D eigenvalue weighted by Crippen LogP contribution is -2.45. The highest BCUT2D eigenvalue weighted by atomic mass is 19.4. The summed E-state index contributed by atoms with van der Waals surface area (Å²) in [5.74, 6) is -3.80. The van der Waals surface area contributed by atoms with Crippen LogP contribution in [-0.4, -0.2) is 71.6 Å². The fourth-order valence-corrected chi connectivity index (χ4v) is 2.46. The predicted molar refractivity (Wildman–Crippen MR) is 97.6 cm³/mol. The zero-order valence-corrected chi connectivity index (χ0v) is 16.2. The van der Waals surface area contributed by atoms with E-state index in [0.717, 1.165) is 23.5 Å². The first-order valence-corrected chi connectivity index (χ1v) is 8.45. The monoisotopic (exact) mass is 416 g/mol. The summed E-state index contributed by atoms with van der Waals surface area (Å²) in [6.07, 6.45) is -3.33. The van der Waals surface area contributed by atoms with Crippen molar-refractivity contribution >= 4 is 17.6 Å². The van der Waals surface area contributed by atoms with Crippen LogP contribution in [0.1, 0.15) is 6.42 Å². The van der Waals surface area contributed by atoms with E-state index >= 15 is 0 Å². The maximum Gasteiger partial charge on any atom is 0.430 e. The van der Waals surface area contributed by atoms with E-state index in [0.29, 0.717) is 4.48 Å². The second-order valence-corrected chi connectivity index (χ2v) is 7.24. The first kappa shape index (κ1) is 24.0. The molecule has 0 spiro atoms. The van der Waals surface area contributed by atoms with Crippen molar-refractivity contribution in [1.82, 2.24) is 10.2 Å². The number of hydrogen-bond donors (Lipinski definition) is 3. The summed E-state index contributed by atoms with van der Waals surface area (Å²) >= 11 is 0. The molecule has 0 aliphatic heterocycles. The number of benzene rings is 1. The molecule has 2 rings (SSSR count). The molecule has 1 heterocycles. The van der Waals surface area contributed by atoms with E-state index in [1.54, 1.807) is 6.20 Å². The van der Waals surface area contributed by atoms with Crippen LogP contribution in [0.15, 0.2) is 36.5 Å². The van der Waals surface area contributed by atoms with E-state index in [-0.39, 0.29) is 12.5 Å². The smallest absolute Gasteiger partial charge is 0.430 e. The number of nitrogens with one attached hydrogen (secondary N) is 2. The van der Waals surface area contributed by atoms with E-state index in [9.17, 15) is 18.0 Å². The minimum absolute atomic E-state index is 0.0855. The Bertz CT molecular complexity index is 802. The zero-order valence-electron chi connectivity index (χ0n) is 16.2. The normalized spacial score (nSPS) is 12.5. The van der Waals surface area contributed by atoms with Gasteiger partial charge in [0, 0.05) is 17.4 Å². The number of likely N-dealkylation sites (N-methyl/N-ethyl adjacent to an activating group) is 1. The Morgan fingerprint density at radius 3 is 2.34 bits per heavy atom. The third-order valence-electron chi connectivity index (χ3n) is 3.45. The number of quaternary nitrogens is 1. The number of hydrogen-bond acceptors (Lipinski definition) is 5. The van der Waals surface area contributed by atoms with Crippen LogP contribution in [0.4, 0.5) is 18.9 Å². The van der Waals surface area contributed by atoms with Gasteiger partial charge in [0.15, 0.2) is 0 Å². The standard InChI is InChI=1S/C16H22N4O2.C2HF3O2/c1-20(2,3)11-14(10-16(21)22)18-13-6-4-5-12(9-13)15-7-8-17-19-15;3-2(4,5)1(6)7/h4-9,14,18H,10-11H2,1-3H3,(H-,17,19,21,22);(H,6,7)/t14-;/m1./s1. The number of carbonyl (C=O) groups excluding carboxylic acids is 1. The molecule has 0 aliphatic carbocycles. The fraction of sp³-hybridized carbons (Fsp3) is 0.389. The number of rotatable bonds is 7. The van der Waals surface area contributed by atoms with Crippen molar-refractivity contribution in [3.8, 4) is 11.3 Å². The van der Waals surface area contributed by atoms with Gasteiger partial charge in [-0.3, -0.25) is 9.89 Å². The summed E-state index contributed by atoms with van der Waals surface area (Å²) in [6.45, 7) is 0.721. The van der Waals surface area contributed by atoms with Crippen LogP contribution in [-0.2, 0) is 9.59 Å². The Kier molecular flexibility index (Phi) is 8.19. The van der Waals surface area contributed by atoms with Crippen molar-refractivity contribution in [1.29, 1.82) is 0 Å². The topological polar surface area (TPSA) is 118 Å². The first-order chi connectivity index (χ1) is 13.3. The second kappa shape index (κ2) is 9.92. The van der Waals surface area contributed by atoms with Crippen molar-refractivity contribution in [3.63, 3.8) is 0 Å². The van der Waals surface area contributed by atoms with Crippen molar-refractivity contribution in [2.24, 2.45) is 0 Å². The molecule has 1 aromatic heterocycles. The van der Waals surface area contributed by atoms with E-state index in [1.807, 2.05) is 30.3 Å². The van der Waals surface area contributed by atoms with Gasteiger partial charge >= 0.3 is 12.1 Å². The summed E-state index contributed by atoms with van der Waals surface area (Å²) in [5, 5.41) is 28.2. The maximum atomic E-state index is 11.1. The molecular weight excluding hydrogens is 393 g/mol. The molecule has 29 heavy (non-hydrogen) atoms. The molecule has 3 N–H and O–H groups in total. The molecule has 8 nitrogen and oxygen atoms in total. The summed E-state index contributed by atoms with van der Waals surface area (Å²) in [7, 11) is 6.16. The molecule has 0 saturated heterocycles. The largest absolute Gasteiger partial charge is 0.542 e. The maximum absolute atomic E-state index is 11.1. The number of carboxylic acids is 2. The number of nitrogens with zero attached hydrogens (tertiary/aromatic N) is 2. The molecule has 0 aliphatic rings. The molecular formula is C18H23F3N4O4. The molecule has 0 saturated carbocycles. The Hall–Kier alpha value is -3.08. The number of halogens is 3. The Morgan fingerprint density at radius 2 is 1.90 bits per heavy atom. The average molecular weight is 416 g/mol. The van der Waals surface area contributed by atoms with Gasteiger partial charge in [0.25, 0.3) is 0 Å². The van der Waals surface area contributed by atoms with Crippen LogP contribution in [0.2, 0.25) is 0 Å². The number of aliphatic carboxylic acids is 2. The first-order valence-electron chi connectivity index (χ1n) is 8.45. The number of H-pyrrole nitrogens is 1. The lowest BCUT2D eigenvalue weighted by Gasteiger charge is -2.29. The molecule has 0 fully saturated rings. The van der Waals surface area contributed by atoms with Gasteiger partial charge in [0.1, 0.15) is 5.97 Å². The summed E-state index contributed by atoms with van der Waals surface area (Å²) in [4.78, 5) is 19.9. The Balaban J connectivity index is 0.000000516. The number of aromatic nitrogens is 2. The summed E-state index contributed by atoms with van der Waals surface area (Å²) < 4.78 is 32.2. The number of anilines is 1. The number of carboxylic acid groups (broad SMARTS) is 2. The van der Waals surface area contributed by atoms with E-state index in [4.69, 9.17) is 15.0 Å². The Labute approximate surface area is 165 Å². The average Bonchev–Trinajstić information content (AvgIpc) is 3.07. The van der Waals surface area contributed by atoms with E-state index in [2.05, 4.69) is 36.7 Å². The quantitative estimate of drug-likeness (QED) is 0.586. The highest BCUT2D eigenvalue weighted by Gasteiger charge is 2.28. The third kappa shape index (κ3) is 9.60. The Morgan fingerprint density at radius 1 is 1.28 bits per heavy atom. The SMILES string of the molecule is C[N+](C)(C)C[C@@H](CC(=O)O)Nc1cccc(-c2cc[nH]n2)c1.O=C([O-])C(F)(F)F. The second-order valence-electron chi connectivity index (χ2n) is 7.24. The van der Waals surface area contributed by atoms with Crippen LogP contribution in [0.25, 0.3) is 11.3 Å². The van der Waals surface area contributed by atoms with Gasteiger partial charge in [-0.2, -0.15) is 18.3 Å². The minimum atomic E-state index is -5.19. The van der Waals surface area contributed by atoms with Crippen molar-refractivity contribution in [2.75, 3.05) is 33.0 Å². The molecule has 0 radical (unpaired) electrons. The predicted octanol–water partition coefficient (Wildman–Crippen LogP) is 1.34. The lowest BCUT2D eigenvalue weighted by atomic mass is 10.1. The zero-order chi connectivity index (χ0) is 22.2. The van der Waals surface area contributed by atoms with Crippen LogP contribution in [0, 0.1) is 0 Å². The van der Waals surface area contributed by atoms with Crippen LogP contribution in [0.5, 0.6) is 0 Å². The van der Waals surface area contributed by atoms with Crippen molar-refractivity contribution in [2.45, 2.75) is 18.6 Å². The third-order valence-corrected chi connectivity index (χ3v) is 3.45. The van der Waals surface area contributed by atoms with Gasteiger partial charge in [0.05, 0.1) is 45.8 Å². The summed E-state index contributed by atoms with van der Waals surface area (Å²) in [6, 6.07) is 9.62. The van der Waals surface area contributed by atoms with Gasteiger partial charge in [-0.1, -0.05) is 12.1 Å². The van der Waals surface area contributed by atoms with Gasteiger partial charge in [0.2, 0.25) is 0 Å². The number of alkyl halides is 3. The molecule has 1 atom stereocenters. The molecule has 0 bridgehead atoms. The summed E-state index contributed by atoms with van der Waals surface area (Å²) in [5.41, 5.74) is 2.76. The fourth-order valence-electron chi connectivity index (χ4n) is 2.46. The van der Waals surface area contributed by atoms with Gasteiger partial charge in [-0.15, -0.1) is 0 Å². The molecule has 0 amide bonds. The van der Waals surface area contributed by atoms with Crippen molar-refractivity contribution in [3.05, 3.63) is 36.5 Å². The molecule has 0 unspecified atom stereocenters. The highest BCUT2D eigenvalue weighted by Crippen LogP contribution is 2.21. The van der Waals surface area contributed by atoms with Crippen molar-refractivity contribution < 1.29 is 37.5 Å². The molecule has 2 aromatic rings. The highest BCUT2D eigenvalue weighted by molar-refractivity contribution is 5.70. The number of aromatic amines is 1. The molecule has 160 valence electrons. The molecule has 1 aromatic carbocycles. The minimum Gasteiger partial charge on any atom is -0.542 e. The van der Waals surface area contributed by atoms with Gasteiger partial charge in [-0.05, 0) is 18.2 Å². The van der Waals surface area contributed by atoms with Crippen LogP contribution >= 0.6 is 0 Å². The number of carbonyl (C=O) groups is 2. The lowest BCUT2D eigenvalue weighted by molar-refractivity contribution is -0.870.